The van der Waals surface area contributed by atoms with Crippen molar-refractivity contribution in [2.24, 2.45) is 28.7 Å². The highest BCUT2D eigenvalue weighted by Crippen LogP contribution is 2.34. The maximum atomic E-state index is 13.3. The second kappa shape index (κ2) is 13.5. The molecule has 0 radical (unpaired) electrons. The fourth-order valence-corrected chi connectivity index (χ4v) is 6.89. The van der Waals surface area contributed by atoms with Crippen molar-refractivity contribution in [2.45, 2.75) is 85.7 Å². The molecule has 2 saturated heterocycles. The van der Waals surface area contributed by atoms with E-state index in [1.165, 1.54) is 0 Å². The average Bonchev–Trinajstić information content (AvgIpc) is 3.89. The molecule has 4 atom stereocenters. The van der Waals surface area contributed by atoms with E-state index in [9.17, 15) is 14.4 Å². The summed E-state index contributed by atoms with van der Waals surface area (Å²) in [5.74, 6) is 0.811. The Morgan fingerprint density at radius 3 is 2.13 bits per heavy atom. The molecule has 3 amide bonds. The molecule has 0 unspecified atom stereocenters. The van der Waals surface area contributed by atoms with Crippen LogP contribution < -0.4 is 5.32 Å². The molecule has 4 heterocycles. The molecule has 1 N–H and O–H groups in total. The van der Waals surface area contributed by atoms with Gasteiger partial charge in [-0.25, -0.2) is 0 Å². The summed E-state index contributed by atoms with van der Waals surface area (Å²) in [4.78, 5) is 48.0. The summed E-state index contributed by atoms with van der Waals surface area (Å²) >= 11 is 0. The van der Waals surface area contributed by atoms with Gasteiger partial charge in [0.05, 0.1) is 11.4 Å². The fourth-order valence-electron chi connectivity index (χ4n) is 6.89. The second-order valence-corrected chi connectivity index (χ2v) is 14.2. The van der Waals surface area contributed by atoms with Crippen LogP contribution in [0.3, 0.4) is 0 Å². The number of aliphatic imine (C=N–C) groups is 1. The van der Waals surface area contributed by atoms with E-state index in [1.54, 1.807) is 4.90 Å². The van der Waals surface area contributed by atoms with E-state index < -0.39 is 6.04 Å². The number of anilines is 1. The van der Waals surface area contributed by atoms with E-state index in [4.69, 9.17) is 9.52 Å². The smallest absolute Gasteiger partial charge is 0.248 e. The number of nitrogens with one attached hydrogen (secondary N) is 1. The number of amides is 3. The van der Waals surface area contributed by atoms with E-state index >= 15 is 0 Å². The highest BCUT2D eigenvalue weighted by atomic mass is 16.5. The Kier molecular flexibility index (Phi) is 9.35. The summed E-state index contributed by atoms with van der Waals surface area (Å²) in [7, 11) is 0. The van der Waals surface area contributed by atoms with Crippen molar-refractivity contribution in [3.05, 3.63) is 54.2 Å². The Bertz CT molecular complexity index is 1720. The average molecular weight is 638 g/mol. The van der Waals surface area contributed by atoms with Crippen LogP contribution in [0.4, 0.5) is 5.82 Å². The van der Waals surface area contributed by atoms with E-state index in [-0.39, 0.29) is 41.5 Å². The number of hydrogen-bond acceptors (Lipinski definition) is 6. The van der Waals surface area contributed by atoms with Gasteiger partial charge < -0.3 is 19.6 Å². The van der Waals surface area contributed by atoms with E-state index in [0.717, 1.165) is 60.2 Å². The molecule has 3 aliphatic heterocycles. The minimum absolute atomic E-state index is 0.0114. The molecule has 1 aromatic heterocycles. The number of nitrogens with zero attached hydrogens (tertiary/aromatic N) is 4. The van der Waals surface area contributed by atoms with Crippen LogP contribution in [0.1, 0.15) is 79.2 Å². The van der Waals surface area contributed by atoms with Crippen LogP contribution in [0.25, 0.3) is 27.7 Å². The van der Waals surface area contributed by atoms with Crippen molar-refractivity contribution in [2.75, 3.05) is 18.4 Å². The van der Waals surface area contributed by atoms with Crippen LogP contribution in [0.15, 0.2) is 58.2 Å². The zero-order valence-electron chi connectivity index (χ0n) is 28.5. The summed E-state index contributed by atoms with van der Waals surface area (Å²) in [6, 6.07) is 13.8. The Balaban J connectivity index is 1.10. The number of carbonyl (C=O) groups excluding carboxylic acids is 3. The van der Waals surface area contributed by atoms with E-state index in [0.29, 0.717) is 35.7 Å². The van der Waals surface area contributed by atoms with Gasteiger partial charge in [0, 0.05) is 43.3 Å². The fraction of sp³-hybridized carbons (Fsp3) is 0.500. The first-order valence-corrected chi connectivity index (χ1v) is 17.2. The summed E-state index contributed by atoms with van der Waals surface area (Å²) in [5, 5.41) is 7.80. The molecule has 2 fully saturated rings. The Hall–Kier alpha value is -4.27. The summed E-state index contributed by atoms with van der Waals surface area (Å²) < 4.78 is 5.64. The Morgan fingerprint density at radius 1 is 0.809 bits per heavy atom. The number of fused-ring (bicyclic) bond motifs is 1. The van der Waals surface area contributed by atoms with E-state index in [2.05, 4.69) is 53.5 Å². The zero-order chi connectivity index (χ0) is 33.4. The molecule has 2 aromatic carbocycles. The number of hydrogen-bond donors (Lipinski definition) is 1. The Labute approximate surface area is 277 Å². The van der Waals surface area contributed by atoms with Crippen LogP contribution >= 0.6 is 0 Å². The van der Waals surface area contributed by atoms with Gasteiger partial charge in [-0.15, -0.1) is 0 Å². The van der Waals surface area contributed by atoms with Crippen LogP contribution in [0, 0.1) is 23.7 Å². The molecule has 9 nitrogen and oxygen atoms in total. The molecular formula is C38H47N5O4. The minimum Gasteiger partial charge on any atom is -0.354 e. The van der Waals surface area contributed by atoms with E-state index in [1.807, 2.05) is 52.1 Å². The minimum atomic E-state index is -0.502. The first-order valence-electron chi connectivity index (χ1n) is 17.2. The molecule has 0 aliphatic carbocycles. The molecule has 9 heteroatoms. The number of allylic oxidation sites excluding steroid dienone is 1. The lowest BCUT2D eigenvalue weighted by Gasteiger charge is -2.29. The number of likely N-dealkylation sites (tertiary alicyclic amines) is 2. The quantitative estimate of drug-likeness (QED) is 0.267. The third-order valence-corrected chi connectivity index (χ3v) is 10.6. The van der Waals surface area contributed by atoms with Crippen molar-refractivity contribution >= 4 is 45.8 Å². The lowest BCUT2D eigenvalue weighted by Crippen LogP contribution is -2.46. The van der Waals surface area contributed by atoms with Gasteiger partial charge in [0.1, 0.15) is 6.04 Å². The number of rotatable bonds is 9. The van der Waals surface area contributed by atoms with Crippen molar-refractivity contribution < 1.29 is 18.9 Å². The SMILES string of the molecule is CC(C)[C@@H](C)C(=O)N1CCC[C@H]1C(=O)Nc1noc2cc(-c3ccc(C4=CN=C([C@@H]5CCCN5C(=O)[C@H](C)C(C)C)C4)cc3)ccc12. The lowest BCUT2D eigenvalue weighted by molar-refractivity contribution is -0.140. The molecule has 0 bridgehead atoms. The maximum absolute atomic E-state index is 13.3. The van der Waals surface area contributed by atoms with Gasteiger partial charge in [0.2, 0.25) is 17.7 Å². The summed E-state index contributed by atoms with van der Waals surface area (Å²) in [6.45, 7) is 13.6. The predicted molar refractivity (Wildman–Crippen MR) is 186 cm³/mol. The maximum Gasteiger partial charge on any atom is 0.248 e. The van der Waals surface area contributed by atoms with Crippen molar-refractivity contribution in [3.63, 3.8) is 0 Å². The first-order chi connectivity index (χ1) is 22.5. The largest absolute Gasteiger partial charge is 0.354 e. The molecule has 6 rings (SSSR count). The molecule has 3 aromatic rings. The monoisotopic (exact) mass is 637 g/mol. The van der Waals surface area contributed by atoms with Crippen LogP contribution in [-0.4, -0.2) is 63.6 Å². The topological polar surface area (TPSA) is 108 Å². The van der Waals surface area contributed by atoms with Crippen molar-refractivity contribution in [1.82, 2.24) is 15.0 Å². The van der Waals surface area contributed by atoms with Gasteiger partial charge in [0.25, 0.3) is 0 Å². The summed E-state index contributed by atoms with van der Waals surface area (Å²) in [6.07, 6.45) is 6.15. The molecular weight excluding hydrogens is 590 g/mol. The van der Waals surface area contributed by atoms with Crippen LogP contribution in [0.5, 0.6) is 0 Å². The normalized spacial score (nSPS) is 21.0. The highest BCUT2D eigenvalue weighted by molar-refractivity contribution is 6.04. The standard InChI is InChI=1S/C38H47N5O4/c1-22(2)24(5)37(45)42-17-7-9-32(42)31-19-29(21-39-31)27-13-11-26(12-14-27)28-15-16-30-34(20-28)47-41-35(30)40-36(44)33-10-8-18-43(33)38(46)25(6)23(3)4/h11-16,20-25,32-33H,7-10,17-19H2,1-6H3,(H,40,41,44)/t24-,25-,32+,33+/m1/s1. The molecule has 0 spiro atoms. The highest BCUT2D eigenvalue weighted by Gasteiger charge is 2.38. The van der Waals surface area contributed by atoms with Crippen LogP contribution in [-0.2, 0) is 14.4 Å². The third-order valence-electron chi connectivity index (χ3n) is 10.6. The molecule has 0 saturated carbocycles. The number of benzene rings is 2. The van der Waals surface area contributed by atoms with Crippen molar-refractivity contribution in [3.8, 4) is 11.1 Å². The summed E-state index contributed by atoms with van der Waals surface area (Å²) in [5.41, 5.74) is 5.95. The molecule has 3 aliphatic rings. The Morgan fingerprint density at radius 2 is 1.43 bits per heavy atom. The van der Waals surface area contributed by atoms with Gasteiger partial charge in [-0.05, 0) is 71.9 Å². The number of aromatic nitrogens is 1. The van der Waals surface area contributed by atoms with Crippen LogP contribution in [0.2, 0.25) is 0 Å². The predicted octanol–water partition coefficient (Wildman–Crippen LogP) is 7.19. The lowest BCUT2D eigenvalue weighted by atomic mass is 9.94. The molecule has 47 heavy (non-hydrogen) atoms. The third kappa shape index (κ3) is 6.49. The van der Waals surface area contributed by atoms with Gasteiger partial charge in [0.15, 0.2) is 11.4 Å². The van der Waals surface area contributed by atoms with Gasteiger partial charge in [-0.1, -0.05) is 77.0 Å². The first kappa shape index (κ1) is 32.7. The van der Waals surface area contributed by atoms with Gasteiger partial charge in [-0.3, -0.25) is 19.4 Å². The number of carbonyl (C=O) groups is 3. The zero-order valence-corrected chi connectivity index (χ0v) is 28.5. The molecule has 248 valence electrons. The van der Waals surface area contributed by atoms with Crippen molar-refractivity contribution in [1.29, 1.82) is 0 Å². The second-order valence-electron chi connectivity index (χ2n) is 14.2. The van der Waals surface area contributed by atoms with Gasteiger partial charge >= 0.3 is 0 Å². The van der Waals surface area contributed by atoms with Gasteiger partial charge in [-0.2, -0.15) is 0 Å².